The molecule has 0 fully saturated rings. The zero-order chi connectivity index (χ0) is 15.5. The molecule has 0 spiro atoms. The first-order valence-corrected chi connectivity index (χ1v) is 7.99. The van der Waals surface area contributed by atoms with Crippen LogP contribution in [0.15, 0.2) is 29.3 Å². The maximum Gasteiger partial charge on any atom is 0.191 e. The standard InChI is InChI=1S/C17H29N3O.HI/c1-4-14(5-2)13-20-17(18-6-3)19-11-10-15-8-7-9-16(21)12-15;/h7-9,12,14,21H,4-6,10-11,13H2,1-3H3,(H2,18,19,20);1H. The van der Waals surface area contributed by atoms with Gasteiger partial charge in [-0.05, 0) is 37.0 Å². The molecule has 126 valence electrons. The van der Waals surface area contributed by atoms with E-state index in [0.29, 0.717) is 11.7 Å². The second-order valence-electron chi connectivity index (χ2n) is 5.25. The van der Waals surface area contributed by atoms with Gasteiger partial charge in [0.05, 0.1) is 0 Å². The first-order chi connectivity index (χ1) is 10.2. The monoisotopic (exact) mass is 419 g/mol. The van der Waals surface area contributed by atoms with Crippen LogP contribution in [0.25, 0.3) is 0 Å². The Hall–Kier alpha value is -0.980. The van der Waals surface area contributed by atoms with E-state index in [0.717, 1.165) is 37.6 Å². The summed E-state index contributed by atoms with van der Waals surface area (Å²) in [5.74, 6) is 1.86. The third kappa shape index (κ3) is 8.46. The Kier molecular flexibility index (Phi) is 12.0. The Labute approximate surface area is 151 Å². The maximum absolute atomic E-state index is 9.45. The van der Waals surface area contributed by atoms with Crippen LogP contribution in [0.5, 0.6) is 5.75 Å². The SMILES string of the molecule is CCNC(=NCC(CC)CC)NCCc1cccc(O)c1.I. The number of phenols is 1. The molecule has 0 unspecified atom stereocenters. The van der Waals surface area contributed by atoms with E-state index in [4.69, 9.17) is 0 Å². The molecule has 22 heavy (non-hydrogen) atoms. The van der Waals surface area contributed by atoms with E-state index in [1.165, 1.54) is 12.8 Å². The van der Waals surface area contributed by atoms with Gasteiger partial charge in [0, 0.05) is 19.6 Å². The largest absolute Gasteiger partial charge is 0.508 e. The minimum Gasteiger partial charge on any atom is -0.508 e. The zero-order valence-corrected chi connectivity index (χ0v) is 16.3. The second-order valence-corrected chi connectivity index (χ2v) is 5.25. The van der Waals surface area contributed by atoms with Crippen molar-refractivity contribution in [3.8, 4) is 5.75 Å². The average molecular weight is 419 g/mol. The number of aromatic hydroxyl groups is 1. The van der Waals surface area contributed by atoms with Crippen molar-refractivity contribution in [3.05, 3.63) is 29.8 Å². The zero-order valence-electron chi connectivity index (χ0n) is 13.9. The summed E-state index contributed by atoms with van der Waals surface area (Å²) in [5.41, 5.74) is 1.12. The molecule has 0 saturated heterocycles. The van der Waals surface area contributed by atoms with Crippen LogP contribution in [0.1, 0.15) is 39.2 Å². The first-order valence-electron chi connectivity index (χ1n) is 7.99. The fourth-order valence-electron chi connectivity index (χ4n) is 2.15. The summed E-state index contributed by atoms with van der Waals surface area (Å²) in [6.45, 7) is 9.04. The summed E-state index contributed by atoms with van der Waals surface area (Å²) in [5, 5.41) is 16.1. The maximum atomic E-state index is 9.45. The molecular formula is C17H30IN3O. The molecule has 1 aromatic carbocycles. The average Bonchev–Trinajstić information content (AvgIpc) is 2.48. The van der Waals surface area contributed by atoms with Crippen LogP contribution >= 0.6 is 24.0 Å². The van der Waals surface area contributed by atoms with Crippen molar-refractivity contribution in [3.63, 3.8) is 0 Å². The summed E-state index contributed by atoms with van der Waals surface area (Å²) in [6, 6.07) is 7.39. The van der Waals surface area contributed by atoms with Crippen molar-refractivity contribution in [1.82, 2.24) is 10.6 Å². The third-order valence-corrected chi connectivity index (χ3v) is 3.62. The Bertz CT molecular complexity index is 434. The molecule has 0 aliphatic heterocycles. The van der Waals surface area contributed by atoms with Gasteiger partial charge in [-0.15, -0.1) is 24.0 Å². The van der Waals surface area contributed by atoms with Gasteiger partial charge in [0.2, 0.25) is 0 Å². The molecule has 3 N–H and O–H groups in total. The molecule has 1 aromatic rings. The minimum absolute atomic E-state index is 0. The van der Waals surface area contributed by atoms with Gasteiger partial charge >= 0.3 is 0 Å². The fourth-order valence-corrected chi connectivity index (χ4v) is 2.15. The van der Waals surface area contributed by atoms with Crippen molar-refractivity contribution in [2.24, 2.45) is 10.9 Å². The van der Waals surface area contributed by atoms with Crippen molar-refractivity contribution in [1.29, 1.82) is 0 Å². The van der Waals surface area contributed by atoms with Crippen LogP contribution < -0.4 is 10.6 Å². The van der Waals surface area contributed by atoms with Gasteiger partial charge < -0.3 is 15.7 Å². The minimum atomic E-state index is 0. The summed E-state index contributed by atoms with van der Waals surface area (Å²) < 4.78 is 0. The molecule has 0 saturated carbocycles. The van der Waals surface area contributed by atoms with E-state index in [9.17, 15) is 5.11 Å². The number of phenolic OH excluding ortho intramolecular Hbond substituents is 1. The quantitative estimate of drug-likeness (QED) is 0.343. The highest BCUT2D eigenvalue weighted by Crippen LogP contribution is 2.11. The number of hydrogen-bond acceptors (Lipinski definition) is 2. The summed E-state index contributed by atoms with van der Waals surface area (Å²) in [4.78, 5) is 4.65. The molecule has 0 radical (unpaired) electrons. The number of nitrogens with one attached hydrogen (secondary N) is 2. The molecule has 0 aliphatic carbocycles. The highest BCUT2D eigenvalue weighted by molar-refractivity contribution is 14.0. The summed E-state index contributed by atoms with van der Waals surface area (Å²) >= 11 is 0. The lowest BCUT2D eigenvalue weighted by molar-refractivity contribution is 0.474. The molecular weight excluding hydrogens is 389 g/mol. The highest BCUT2D eigenvalue weighted by atomic mass is 127. The lowest BCUT2D eigenvalue weighted by Crippen LogP contribution is -2.38. The van der Waals surface area contributed by atoms with Gasteiger partial charge in [0.25, 0.3) is 0 Å². The van der Waals surface area contributed by atoms with Crippen molar-refractivity contribution in [2.45, 2.75) is 40.0 Å². The smallest absolute Gasteiger partial charge is 0.191 e. The van der Waals surface area contributed by atoms with E-state index in [1.54, 1.807) is 12.1 Å². The molecule has 5 heteroatoms. The number of rotatable bonds is 8. The van der Waals surface area contributed by atoms with E-state index in [1.807, 2.05) is 12.1 Å². The predicted octanol–water partition coefficient (Wildman–Crippen LogP) is 3.54. The molecule has 1 rings (SSSR count). The van der Waals surface area contributed by atoms with Gasteiger partial charge in [-0.3, -0.25) is 4.99 Å². The Balaban J connectivity index is 0.00000441. The number of nitrogens with zero attached hydrogens (tertiary/aromatic N) is 1. The number of hydrogen-bond donors (Lipinski definition) is 3. The van der Waals surface area contributed by atoms with E-state index >= 15 is 0 Å². The summed E-state index contributed by atoms with van der Waals surface area (Å²) in [6.07, 6.45) is 3.20. The lowest BCUT2D eigenvalue weighted by Gasteiger charge is -2.14. The summed E-state index contributed by atoms with van der Waals surface area (Å²) in [7, 11) is 0. The molecule has 0 heterocycles. The van der Waals surface area contributed by atoms with Gasteiger partial charge in [0.1, 0.15) is 5.75 Å². The van der Waals surface area contributed by atoms with E-state index < -0.39 is 0 Å². The molecule has 0 aliphatic rings. The number of benzene rings is 1. The number of halogens is 1. The highest BCUT2D eigenvalue weighted by Gasteiger charge is 2.03. The van der Waals surface area contributed by atoms with Crippen LogP contribution in [0.3, 0.4) is 0 Å². The van der Waals surface area contributed by atoms with Gasteiger partial charge in [-0.25, -0.2) is 0 Å². The van der Waals surface area contributed by atoms with Crippen LogP contribution in [0.4, 0.5) is 0 Å². The fraction of sp³-hybridized carbons (Fsp3) is 0.588. The van der Waals surface area contributed by atoms with E-state index in [2.05, 4.69) is 36.4 Å². The third-order valence-electron chi connectivity index (χ3n) is 3.62. The van der Waals surface area contributed by atoms with Crippen LogP contribution in [0, 0.1) is 5.92 Å². The van der Waals surface area contributed by atoms with E-state index in [-0.39, 0.29) is 24.0 Å². The Morgan fingerprint density at radius 3 is 2.50 bits per heavy atom. The first kappa shape index (κ1) is 21.0. The normalized spacial score (nSPS) is 11.2. The second kappa shape index (κ2) is 12.6. The Morgan fingerprint density at radius 2 is 1.91 bits per heavy atom. The van der Waals surface area contributed by atoms with Gasteiger partial charge in [-0.1, -0.05) is 38.8 Å². The van der Waals surface area contributed by atoms with Crippen LogP contribution in [-0.4, -0.2) is 30.7 Å². The Morgan fingerprint density at radius 1 is 1.18 bits per heavy atom. The molecule has 0 atom stereocenters. The predicted molar refractivity (Wildman–Crippen MR) is 105 cm³/mol. The number of aliphatic imine (C=N–C) groups is 1. The molecule has 0 aromatic heterocycles. The van der Waals surface area contributed by atoms with Crippen LogP contribution in [0.2, 0.25) is 0 Å². The van der Waals surface area contributed by atoms with Gasteiger partial charge in [0.15, 0.2) is 5.96 Å². The molecule has 0 bridgehead atoms. The van der Waals surface area contributed by atoms with Gasteiger partial charge in [-0.2, -0.15) is 0 Å². The molecule has 4 nitrogen and oxygen atoms in total. The lowest BCUT2D eigenvalue weighted by atomic mass is 10.0. The van der Waals surface area contributed by atoms with Crippen molar-refractivity contribution in [2.75, 3.05) is 19.6 Å². The topological polar surface area (TPSA) is 56.7 Å². The van der Waals surface area contributed by atoms with Crippen molar-refractivity contribution >= 4 is 29.9 Å². The molecule has 0 amide bonds. The number of guanidine groups is 1. The van der Waals surface area contributed by atoms with Crippen molar-refractivity contribution < 1.29 is 5.11 Å². The van der Waals surface area contributed by atoms with Crippen LogP contribution in [-0.2, 0) is 6.42 Å².